The highest BCUT2D eigenvalue weighted by molar-refractivity contribution is 5.76. The van der Waals surface area contributed by atoms with Gasteiger partial charge >= 0.3 is 12.0 Å². The quantitative estimate of drug-likeness (QED) is 0.699. The van der Waals surface area contributed by atoms with E-state index >= 15 is 0 Å². The van der Waals surface area contributed by atoms with Gasteiger partial charge < -0.3 is 15.7 Å². The largest absolute Gasteiger partial charge is 0.481 e. The van der Waals surface area contributed by atoms with Gasteiger partial charge in [0.2, 0.25) is 0 Å². The lowest BCUT2D eigenvalue weighted by Gasteiger charge is -2.28. The summed E-state index contributed by atoms with van der Waals surface area (Å²) in [5.41, 5.74) is -0.0229. The third-order valence-electron chi connectivity index (χ3n) is 3.77. The van der Waals surface area contributed by atoms with Gasteiger partial charge in [-0.25, -0.2) is 4.79 Å². The summed E-state index contributed by atoms with van der Waals surface area (Å²) in [4.78, 5) is 22.6. The van der Waals surface area contributed by atoms with Gasteiger partial charge in [-0.05, 0) is 39.0 Å². The molecule has 2 aliphatic carbocycles. The van der Waals surface area contributed by atoms with Crippen LogP contribution in [-0.4, -0.2) is 28.7 Å². The van der Waals surface area contributed by atoms with Gasteiger partial charge in [0, 0.05) is 11.6 Å². The molecule has 2 saturated carbocycles. The van der Waals surface area contributed by atoms with Crippen LogP contribution in [0, 0.1) is 5.92 Å². The predicted molar refractivity (Wildman–Crippen MR) is 62.7 cm³/mol. The zero-order valence-corrected chi connectivity index (χ0v) is 10.2. The van der Waals surface area contributed by atoms with Gasteiger partial charge in [0.15, 0.2) is 0 Å². The maximum atomic E-state index is 11.7. The standard InChI is InChI=1S/C12H20N2O3/c1-12(5-6-12)14-11(17)13-9-4-2-3-8(7-9)10(15)16/h8-9H,2-7H2,1H3,(H,15,16)(H2,13,14,17). The summed E-state index contributed by atoms with van der Waals surface area (Å²) in [5, 5.41) is 14.8. The molecule has 0 aromatic carbocycles. The van der Waals surface area contributed by atoms with E-state index in [2.05, 4.69) is 10.6 Å². The van der Waals surface area contributed by atoms with Crippen molar-refractivity contribution in [1.29, 1.82) is 0 Å². The lowest BCUT2D eigenvalue weighted by Crippen LogP contribution is -2.48. The second kappa shape index (κ2) is 4.55. The minimum atomic E-state index is -0.744. The molecule has 2 unspecified atom stereocenters. The number of carboxylic acids is 1. The van der Waals surface area contributed by atoms with Crippen molar-refractivity contribution in [2.45, 2.75) is 57.0 Å². The Morgan fingerprint density at radius 1 is 1.29 bits per heavy atom. The van der Waals surface area contributed by atoms with E-state index in [9.17, 15) is 9.59 Å². The summed E-state index contributed by atoms with van der Waals surface area (Å²) < 4.78 is 0. The van der Waals surface area contributed by atoms with Crippen LogP contribution in [0.1, 0.15) is 45.4 Å². The van der Waals surface area contributed by atoms with Crippen molar-refractivity contribution in [3.63, 3.8) is 0 Å². The van der Waals surface area contributed by atoms with Crippen LogP contribution in [0.2, 0.25) is 0 Å². The number of hydrogen-bond donors (Lipinski definition) is 3. The molecule has 2 rings (SSSR count). The molecule has 0 aliphatic heterocycles. The first kappa shape index (κ1) is 12.2. The Labute approximate surface area is 101 Å². The maximum absolute atomic E-state index is 11.7. The smallest absolute Gasteiger partial charge is 0.315 e. The van der Waals surface area contributed by atoms with E-state index in [1.807, 2.05) is 6.92 Å². The molecule has 5 nitrogen and oxygen atoms in total. The monoisotopic (exact) mass is 240 g/mol. The molecule has 2 aliphatic rings. The lowest BCUT2D eigenvalue weighted by molar-refractivity contribution is -0.143. The van der Waals surface area contributed by atoms with Crippen molar-refractivity contribution in [2.24, 2.45) is 5.92 Å². The van der Waals surface area contributed by atoms with Crippen molar-refractivity contribution in [3.05, 3.63) is 0 Å². The van der Waals surface area contributed by atoms with E-state index in [4.69, 9.17) is 5.11 Å². The van der Waals surface area contributed by atoms with E-state index in [1.165, 1.54) is 0 Å². The van der Waals surface area contributed by atoms with Crippen LogP contribution in [0.4, 0.5) is 4.79 Å². The first-order valence-corrected chi connectivity index (χ1v) is 6.30. The molecule has 3 N–H and O–H groups in total. The van der Waals surface area contributed by atoms with Crippen molar-refractivity contribution >= 4 is 12.0 Å². The third-order valence-corrected chi connectivity index (χ3v) is 3.77. The van der Waals surface area contributed by atoms with E-state index in [0.717, 1.165) is 32.1 Å². The highest BCUT2D eigenvalue weighted by atomic mass is 16.4. The summed E-state index contributed by atoms with van der Waals surface area (Å²) in [7, 11) is 0. The third kappa shape index (κ3) is 3.35. The number of carboxylic acid groups (broad SMARTS) is 1. The fourth-order valence-electron chi connectivity index (χ4n) is 2.35. The van der Waals surface area contributed by atoms with Crippen molar-refractivity contribution < 1.29 is 14.7 Å². The number of hydrogen-bond acceptors (Lipinski definition) is 2. The minimum absolute atomic E-state index is 0.00667. The zero-order valence-electron chi connectivity index (χ0n) is 10.2. The maximum Gasteiger partial charge on any atom is 0.315 e. The molecule has 17 heavy (non-hydrogen) atoms. The predicted octanol–water partition coefficient (Wildman–Crippen LogP) is 1.48. The molecule has 2 fully saturated rings. The average molecular weight is 240 g/mol. The molecule has 0 aromatic heterocycles. The number of amides is 2. The Kier molecular flexibility index (Phi) is 3.26. The number of carbonyl (C=O) groups excluding carboxylic acids is 1. The number of aliphatic carboxylic acids is 1. The molecule has 0 bridgehead atoms. The Bertz CT molecular complexity index is 326. The Hall–Kier alpha value is -1.26. The van der Waals surface area contributed by atoms with Crippen LogP contribution in [-0.2, 0) is 4.79 Å². The molecule has 5 heteroatoms. The summed E-state index contributed by atoms with van der Waals surface area (Å²) in [6, 6.07) is -0.145. The first-order valence-electron chi connectivity index (χ1n) is 6.30. The number of rotatable bonds is 3. The molecule has 0 spiro atoms. The summed E-state index contributed by atoms with van der Waals surface area (Å²) >= 11 is 0. The number of urea groups is 1. The van der Waals surface area contributed by atoms with Crippen molar-refractivity contribution in [1.82, 2.24) is 10.6 Å². The lowest BCUT2D eigenvalue weighted by atomic mass is 9.86. The summed E-state index contributed by atoms with van der Waals surface area (Å²) in [6.45, 7) is 2.02. The van der Waals surface area contributed by atoms with E-state index in [-0.39, 0.29) is 23.5 Å². The van der Waals surface area contributed by atoms with Gasteiger partial charge in [0.25, 0.3) is 0 Å². The molecule has 96 valence electrons. The Morgan fingerprint density at radius 2 is 2.00 bits per heavy atom. The fraction of sp³-hybridized carbons (Fsp3) is 0.833. The van der Waals surface area contributed by atoms with Crippen molar-refractivity contribution in [3.8, 4) is 0 Å². The molecule has 0 radical (unpaired) electrons. The van der Waals surface area contributed by atoms with Crippen LogP contribution in [0.15, 0.2) is 0 Å². The Balaban J connectivity index is 1.78. The van der Waals surface area contributed by atoms with Gasteiger partial charge in [0.1, 0.15) is 0 Å². The highest BCUT2D eigenvalue weighted by Crippen LogP contribution is 2.34. The van der Waals surface area contributed by atoms with E-state index in [0.29, 0.717) is 6.42 Å². The van der Waals surface area contributed by atoms with Gasteiger partial charge in [-0.3, -0.25) is 4.79 Å². The molecule has 0 aromatic rings. The molecule has 0 saturated heterocycles. The topological polar surface area (TPSA) is 78.4 Å². The molecule has 2 amide bonds. The second-order valence-corrected chi connectivity index (χ2v) is 5.56. The van der Waals surface area contributed by atoms with Crippen molar-refractivity contribution in [2.75, 3.05) is 0 Å². The second-order valence-electron chi connectivity index (χ2n) is 5.56. The van der Waals surface area contributed by atoms with Gasteiger partial charge in [-0.1, -0.05) is 6.42 Å². The fourth-order valence-corrected chi connectivity index (χ4v) is 2.35. The molecule has 0 heterocycles. The molecular formula is C12H20N2O3. The average Bonchev–Trinajstić information content (AvgIpc) is 2.95. The van der Waals surface area contributed by atoms with Crippen LogP contribution < -0.4 is 10.6 Å². The van der Waals surface area contributed by atoms with Crippen LogP contribution in [0.5, 0.6) is 0 Å². The van der Waals surface area contributed by atoms with Gasteiger partial charge in [0.05, 0.1) is 5.92 Å². The number of nitrogens with one attached hydrogen (secondary N) is 2. The SMILES string of the molecule is CC1(NC(=O)NC2CCCC(C(=O)O)C2)CC1. The van der Waals surface area contributed by atoms with Crippen LogP contribution >= 0.6 is 0 Å². The minimum Gasteiger partial charge on any atom is -0.481 e. The number of carbonyl (C=O) groups is 2. The van der Waals surface area contributed by atoms with E-state index < -0.39 is 5.97 Å². The van der Waals surface area contributed by atoms with Crippen LogP contribution in [0.3, 0.4) is 0 Å². The normalized spacial score (nSPS) is 30.4. The Morgan fingerprint density at radius 3 is 2.59 bits per heavy atom. The molecule has 2 atom stereocenters. The highest BCUT2D eigenvalue weighted by Gasteiger charge is 2.39. The summed E-state index contributed by atoms with van der Waals surface area (Å²) in [5.74, 6) is -1.04. The van der Waals surface area contributed by atoms with Crippen LogP contribution in [0.25, 0.3) is 0 Å². The van der Waals surface area contributed by atoms with Gasteiger partial charge in [-0.2, -0.15) is 0 Å². The molecular weight excluding hydrogens is 220 g/mol. The first-order chi connectivity index (χ1) is 7.98. The van der Waals surface area contributed by atoms with Gasteiger partial charge in [-0.15, -0.1) is 0 Å². The zero-order chi connectivity index (χ0) is 12.5. The summed E-state index contributed by atoms with van der Waals surface area (Å²) in [6.07, 6.45) is 5.10. The van der Waals surface area contributed by atoms with E-state index in [1.54, 1.807) is 0 Å².